The van der Waals surface area contributed by atoms with Crippen molar-refractivity contribution in [1.29, 1.82) is 0 Å². The third kappa shape index (κ3) is 3.36. The average molecular weight is 277 g/mol. The van der Waals surface area contributed by atoms with E-state index in [0.29, 0.717) is 25.9 Å². The van der Waals surface area contributed by atoms with Crippen LogP contribution in [0.25, 0.3) is 0 Å². The van der Waals surface area contributed by atoms with Gasteiger partial charge in [0, 0.05) is 13.1 Å². The van der Waals surface area contributed by atoms with Crippen LogP contribution in [0.4, 0.5) is 0 Å². The molecule has 2 rings (SSSR count). The second kappa shape index (κ2) is 6.39. The fourth-order valence-electron chi connectivity index (χ4n) is 2.11. The van der Waals surface area contributed by atoms with E-state index in [1.54, 1.807) is 4.90 Å². The number of amides is 1. The van der Waals surface area contributed by atoms with Gasteiger partial charge in [0.1, 0.15) is 0 Å². The molecular formula is C14H15NO3S. The Balaban J connectivity index is 1.84. The van der Waals surface area contributed by atoms with Crippen molar-refractivity contribution < 1.29 is 14.3 Å². The molecule has 5 heteroatoms. The quantitative estimate of drug-likeness (QED) is 0.625. The summed E-state index contributed by atoms with van der Waals surface area (Å²) in [5, 5.41) is 1.89. The van der Waals surface area contributed by atoms with E-state index in [1.165, 1.54) is 11.3 Å². The molecule has 1 aromatic rings. The van der Waals surface area contributed by atoms with Crippen molar-refractivity contribution in [1.82, 2.24) is 4.90 Å². The molecule has 0 unspecified atom stereocenters. The number of ether oxygens (including phenoxy) is 1. The number of carbonyl (C=O) groups is 2. The van der Waals surface area contributed by atoms with E-state index in [4.69, 9.17) is 11.2 Å². The molecule has 1 aromatic heterocycles. The van der Waals surface area contributed by atoms with E-state index >= 15 is 0 Å². The Morgan fingerprint density at radius 3 is 2.79 bits per heavy atom. The van der Waals surface area contributed by atoms with E-state index in [1.807, 2.05) is 17.5 Å². The highest BCUT2D eigenvalue weighted by atomic mass is 32.1. The fraction of sp³-hybridized carbons (Fsp3) is 0.429. The molecule has 1 amide bonds. The van der Waals surface area contributed by atoms with Crippen LogP contribution in [0.2, 0.25) is 0 Å². The van der Waals surface area contributed by atoms with Crippen molar-refractivity contribution in [3.63, 3.8) is 0 Å². The van der Waals surface area contributed by atoms with Gasteiger partial charge in [-0.25, -0.2) is 0 Å². The Kier molecular flexibility index (Phi) is 4.58. The molecule has 0 spiro atoms. The number of piperidine rings is 1. The summed E-state index contributed by atoms with van der Waals surface area (Å²) in [6.07, 6.45) is 6.32. The first-order valence-electron chi connectivity index (χ1n) is 6.15. The Bertz CT molecular complexity index is 481. The minimum atomic E-state index is -0.249. The number of rotatable bonds is 3. The summed E-state index contributed by atoms with van der Waals surface area (Å²) in [6.45, 7) is 1.20. The summed E-state index contributed by atoms with van der Waals surface area (Å²) in [7, 11) is 0. The highest BCUT2D eigenvalue weighted by molar-refractivity contribution is 7.12. The van der Waals surface area contributed by atoms with Gasteiger partial charge in [-0.3, -0.25) is 9.59 Å². The zero-order valence-corrected chi connectivity index (χ0v) is 11.3. The number of terminal acetylenes is 1. The predicted molar refractivity (Wildman–Crippen MR) is 72.7 cm³/mol. The molecule has 4 nitrogen and oxygen atoms in total. The lowest BCUT2D eigenvalue weighted by Crippen LogP contribution is -2.40. The van der Waals surface area contributed by atoms with Crippen molar-refractivity contribution in [3.8, 4) is 12.3 Å². The summed E-state index contributed by atoms with van der Waals surface area (Å²) < 4.78 is 4.92. The predicted octanol–water partition coefficient (Wildman–Crippen LogP) is 1.78. The number of nitrogens with zero attached hydrogens (tertiary/aromatic N) is 1. The number of likely N-dealkylation sites (tertiary alicyclic amines) is 1. The first-order chi connectivity index (χ1) is 9.22. The third-order valence-corrected chi connectivity index (χ3v) is 4.00. The van der Waals surface area contributed by atoms with Crippen LogP contribution in [0.5, 0.6) is 0 Å². The molecule has 2 heterocycles. The summed E-state index contributed by atoms with van der Waals surface area (Å²) >= 11 is 1.44. The molecule has 1 aliphatic heterocycles. The van der Waals surface area contributed by atoms with Crippen LogP contribution >= 0.6 is 11.3 Å². The van der Waals surface area contributed by atoms with Crippen LogP contribution in [0.15, 0.2) is 17.5 Å². The van der Waals surface area contributed by atoms with Crippen LogP contribution in [0, 0.1) is 18.3 Å². The van der Waals surface area contributed by atoms with Gasteiger partial charge in [-0.2, -0.15) is 0 Å². The van der Waals surface area contributed by atoms with Gasteiger partial charge in [-0.1, -0.05) is 12.0 Å². The maximum Gasteiger partial charge on any atom is 0.310 e. The molecule has 1 saturated heterocycles. The zero-order valence-electron chi connectivity index (χ0n) is 10.5. The summed E-state index contributed by atoms with van der Waals surface area (Å²) in [4.78, 5) is 26.3. The topological polar surface area (TPSA) is 46.6 Å². The molecule has 0 N–H and O–H groups in total. The Morgan fingerprint density at radius 2 is 2.21 bits per heavy atom. The van der Waals surface area contributed by atoms with E-state index < -0.39 is 0 Å². The van der Waals surface area contributed by atoms with E-state index in [-0.39, 0.29) is 24.4 Å². The number of esters is 1. The van der Waals surface area contributed by atoms with Crippen molar-refractivity contribution >= 4 is 23.2 Å². The van der Waals surface area contributed by atoms with Gasteiger partial charge in [-0.15, -0.1) is 17.8 Å². The highest BCUT2D eigenvalue weighted by Crippen LogP contribution is 2.21. The maximum atomic E-state index is 12.1. The smallest absolute Gasteiger partial charge is 0.310 e. The van der Waals surface area contributed by atoms with Crippen LogP contribution < -0.4 is 0 Å². The van der Waals surface area contributed by atoms with Gasteiger partial charge < -0.3 is 9.64 Å². The Labute approximate surface area is 116 Å². The van der Waals surface area contributed by atoms with Gasteiger partial charge in [0.2, 0.25) is 0 Å². The minimum absolute atomic E-state index is 0.0210. The van der Waals surface area contributed by atoms with Gasteiger partial charge in [0.05, 0.1) is 10.8 Å². The van der Waals surface area contributed by atoms with Gasteiger partial charge >= 0.3 is 5.97 Å². The molecule has 0 bridgehead atoms. The number of hydrogen-bond acceptors (Lipinski definition) is 4. The molecule has 1 aliphatic rings. The number of thiophene rings is 1. The second-order valence-electron chi connectivity index (χ2n) is 4.36. The first kappa shape index (κ1) is 13.6. The van der Waals surface area contributed by atoms with Gasteiger partial charge in [0.15, 0.2) is 6.61 Å². The lowest BCUT2D eigenvalue weighted by atomic mass is 9.97. The lowest BCUT2D eigenvalue weighted by molar-refractivity contribution is -0.148. The molecule has 0 aliphatic carbocycles. The minimum Gasteiger partial charge on any atom is -0.452 e. The van der Waals surface area contributed by atoms with Crippen LogP contribution in [0.3, 0.4) is 0 Å². The number of hydrogen-bond donors (Lipinski definition) is 0. The molecule has 0 atom stereocenters. The van der Waals surface area contributed by atoms with Crippen LogP contribution in [-0.2, 0) is 9.53 Å². The molecule has 19 heavy (non-hydrogen) atoms. The summed E-state index contributed by atoms with van der Waals surface area (Å²) in [5.74, 6) is 1.94. The zero-order chi connectivity index (χ0) is 13.7. The number of carbonyl (C=O) groups excluding carboxylic acids is 2. The van der Waals surface area contributed by atoms with Gasteiger partial charge in [-0.05, 0) is 24.3 Å². The molecule has 0 aromatic carbocycles. The largest absolute Gasteiger partial charge is 0.452 e. The maximum absolute atomic E-state index is 12.1. The molecular weight excluding hydrogens is 262 g/mol. The third-order valence-electron chi connectivity index (χ3n) is 3.15. The highest BCUT2D eigenvalue weighted by Gasteiger charge is 2.28. The molecule has 0 saturated carbocycles. The van der Waals surface area contributed by atoms with Crippen molar-refractivity contribution in [2.45, 2.75) is 12.8 Å². The van der Waals surface area contributed by atoms with Crippen molar-refractivity contribution in [2.75, 3.05) is 19.7 Å². The monoisotopic (exact) mass is 277 g/mol. The fourth-order valence-corrected chi connectivity index (χ4v) is 2.80. The standard InChI is InChI=1S/C14H15NO3S/c1-2-9-18-14(17)11-5-7-15(8-6-11)13(16)12-4-3-10-19-12/h1,3-4,10-11H,5-9H2. The summed E-state index contributed by atoms with van der Waals surface area (Å²) in [5.41, 5.74) is 0. The second-order valence-corrected chi connectivity index (χ2v) is 5.30. The van der Waals surface area contributed by atoms with Crippen molar-refractivity contribution in [3.05, 3.63) is 22.4 Å². The normalized spacial score (nSPS) is 15.8. The average Bonchev–Trinajstić information content (AvgIpc) is 2.98. The SMILES string of the molecule is C#CCOC(=O)C1CCN(C(=O)c2cccs2)CC1. The molecule has 1 fully saturated rings. The van der Waals surface area contributed by atoms with Crippen LogP contribution in [0.1, 0.15) is 22.5 Å². The summed E-state index contributed by atoms with van der Waals surface area (Å²) in [6, 6.07) is 3.68. The Morgan fingerprint density at radius 1 is 1.47 bits per heavy atom. The van der Waals surface area contributed by atoms with Gasteiger partial charge in [0.25, 0.3) is 5.91 Å². The van der Waals surface area contributed by atoms with E-state index in [2.05, 4.69) is 5.92 Å². The first-order valence-corrected chi connectivity index (χ1v) is 7.03. The Hall–Kier alpha value is -1.80. The lowest BCUT2D eigenvalue weighted by Gasteiger charge is -2.30. The van der Waals surface area contributed by atoms with Crippen molar-refractivity contribution in [2.24, 2.45) is 5.92 Å². The molecule has 0 radical (unpaired) electrons. The van der Waals surface area contributed by atoms with Crippen LogP contribution in [-0.4, -0.2) is 36.5 Å². The van der Waals surface area contributed by atoms with E-state index in [9.17, 15) is 9.59 Å². The molecule has 100 valence electrons. The van der Waals surface area contributed by atoms with E-state index in [0.717, 1.165) is 4.88 Å².